The summed E-state index contributed by atoms with van der Waals surface area (Å²) < 4.78 is 0. The van der Waals surface area contributed by atoms with Crippen LogP contribution in [0, 0.1) is 10.1 Å². The minimum atomic E-state index is -0.455. The Labute approximate surface area is 104 Å². The Balaban J connectivity index is 2.38. The van der Waals surface area contributed by atoms with Crippen molar-refractivity contribution in [3.05, 3.63) is 40.0 Å². The van der Waals surface area contributed by atoms with Crippen LogP contribution in [0.3, 0.4) is 0 Å². The third-order valence-corrected chi connectivity index (χ3v) is 2.62. The maximum Gasteiger partial charge on any atom is 0.292 e. The largest absolute Gasteiger partial charge is 0.376 e. The second-order valence-electron chi connectivity index (χ2n) is 4.32. The summed E-state index contributed by atoms with van der Waals surface area (Å²) in [6.45, 7) is 6.01. The van der Waals surface area contributed by atoms with Gasteiger partial charge in [0.05, 0.1) is 11.3 Å². The summed E-state index contributed by atoms with van der Waals surface area (Å²) in [5.74, 6) is -0.142. The maximum atomic E-state index is 11.2. The lowest BCUT2D eigenvalue weighted by Gasteiger charge is -2.08. The highest BCUT2D eigenvalue weighted by Gasteiger charge is 2.24. The first-order valence-corrected chi connectivity index (χ1v) is 5.47. The van der Waals surface area contributed by atoms with Crippen molar-refractivity contribution in [2.24, 2.45) is 0 Å². The average Bonchev–Trinajstić information content (AvgIpc) is 2.63. The topological polar surface area (TPSA) is 84.3 Å². The molecule has 0 aromatic heterocycles. The molecule has 1 aliphatic rings. The molecule has 0 spiro atoms. The number of carbonyl (C=O) groups is 1. The second-order valence-corrected chi connectivity index (χ2v) is 4.32. The summed E-state index contributed by atoms with van der Waals surface area (Å²) in [6.07, 6.45) is 0.191. The molecule has 2 rings (SSSR count). The Bertz CT molecular complexity index is 552. The first kappa shape index (κ1) is 12.1. The van der Waals surface area contributed by atoms with Crippen LogP contribution in [0.15, 0.2) is 24.3 Å². The molecule has 2 N–H and O–H groups in total. The third kappa shape index (κ3) is 2.32. The Hall–Kier alpha value is -2.37. The van der Waals surface area contributed by atoms with Crippen molar-refractivity contribution in [2.75, 3.05) is 17.2 Å². The van der Waals surface area contributed by atoms with Gasteiger partial charge in [0, 0.05) is 18.3 Å². The standard InChI is InChI=1S/C12H13N3O3/c1-7(2)6-13-10-5-9-8(4-12(16)14-9)3-11(10)15(17)18/h3,5,13H,1,4,6H2,2H3,(H,14,16). The highest BCUT2D eigenvalue weighted by Crippen LogP contribution is 2.34. The van der Waals surface area contributed by atoms with Gasteiger partial charge in [-0.2, -0.15) is 0 Å². The fourth-order valence-corrected chi connectivity index (χ4v) is 1.80. The quantitative estimate of drug-likeness (QED) is 0.484. The van der Waals surface area contributed by atoms with E-state index in [0.29, 0.717) is 23.5 Å². The van der Waals surface area contributed by atoms with Crippen LogP contribution in [-0.2, 0) is 11.2 Å². The van der Waals surface area contributed by atoms with Gasteiger partial charge in [-0.15, -0.1) is 0 Å². The summed E-state index contributed by atoms with van der Waals surface area (Å²) in [5.41, 5.74) is 2.53. The van der Waals surface area contributed by atoms with Gasteiger partial charge in [-0.3, -0.25) is 14.9 Å². The van der Waals surface area contributed by atoms with Crippen molar-refractivity contribution in [1.82, 2.24) is 0 Å². The van der Waals surface area contributed by atoms with Crippen LogP contribution < -0.4 is 10.6 Å². The summed E-state index contributed by atoms with van der Waals surface area (Å²) in [7, 11) is 0. The predicted octanol–water partition coefficient (Wildman–Crippen LogP) is 2.08. The number of hydrogen-bond acceptors (Lipinski definition) is 4. The van der Waals surface area contributed by atoms with E-state index in [1.165, 1.54) is 6.07 Å². The maximum absolute atomic E-state index is 11.2. The van der Waals surface area contributed by atoms with Gasteiger partial charge in [-0.25, -0.2) is 0 Å². The van der Waals surface area contributed by atoms with Crippen molar-refractivity contribution in [3.63, 3.8) is 0 Å². The third-order valence-electron chi connectivity index (χ3n) is 2.62. The van der Waals surface area contributed by atoms with Crippen LogP contribution >= 0.6 is 0 Å². The number of anilines is 2. The molecule has 6 nitrogen and oxygen atoms in total. The zero-order chi connectivity index (χ0) is 13.3. The van der Waals surface area contributed by atoms with E-state index in [4.69, 9.17) is 0 Å². The second kappa shape index (κ2) is 4.48. The molecule has 0 unspecified atom stereocenters. The molecule has 1 aliphatic heterocycles. The van der Waals surface area contributed by atoms with Crippen LogP contribution in [0.2, 0.25) is 0 Å². The zero-order valence-corrected chi connectivity index (χ0v) is 9.95. The number of nitrogens with one attached hydrogen (secondary N) is 2. The molecule has 0 aliphatic carbocycles. The van der Waals surface area contributed by atoms with Gasteiger partial charge in [0.15, 0.2) is 0 Å². The normalized spacial score (nSPS) is 12.8. The van der Waals surface area contributed by atoms with Gasteiger partial charge in [-0.05, 0) is 18.6 Å². The van der Waals surface area contributed by atoms with Crippen molar-refractivity contribution in [3.8, 4) is 0 Å². The Morgan fingerprint density at radius 2 is 2.33 bits per heavy atom. The van der Waals surface area contributed by atoms with E-state index in [9.17, 15) is 14.9 Å². The van der Waals surface area contributed by atoms with Crippen LogP contribution in [0.4, 0.5) is 17.1 Å². The Kier molecular flexibility index (Phi) is 3.01. The molecule has 0 atom stereocenters. The number of hydrogen-bond donors (Lipinski definition) is 2. The van der Waals surface area contributed by atoms with Gasteiger partial charge in [-0.1, -0.05) is 12.2 Å². The summed E-state index contributed by atoms with van der Waals surface area (Å²) in [6, 6.07) is 3.04. The van der Waals surface area contributed by atoms with Gasteiger partial charge in [0.2, 0.25) is 5.91 Å². The number of rotatable bonds is 4. The molecular weight excluding hydrogens is 234 g/mol. The summed E-state index contributed by atoms with van der Waals surface area (Å²) in [5, 5.41) is 16.6. The molecule has 94 valence electrons. The van der Waals surface area contributed by atoms with Crippen molar-refractivity contribution in [2.45, 2.75) is 13.3 Å². The van der Waals surface area contributed by atoms with E-state index in [1.807, 2.05) is 6.92 Å². The number of nitrogens with zero attached hydrogens (tertiary/aromatic N) is 1. The number of nitro groups is 1. The summed E-state index contributed by atoms with van der Waals surface area (Å²) in [4.78, 5) is 21.8. The van der Waals surface area contributed by atoms with Crippen LogP contribution in [-0.4, -0.2) is 17.4 Å². The molecule has 0 fully saturated rings. The fraction of sp³-hybridized carbons (Fsp3) is 0.250. The first-order valence-electron chi connectivity index (χ1n) is 5.47. The smallest absolute Gasteiger partial charge is 0.292 e. The minimum absolute atomic E-state index is 0.0218. The first-order chi connectivity index (χ1) is 8.47. The number of carbonyl (C=O) groups excluding carboxylic acids is 1. The lowest BCUT2D eigenvalue weighted by Crippen LogP contribution is -2.06. The van der Waals surface area contributed by atoms with Crippen molar-refractivity contribution >= 4 is 23.0 Å². The van der Waals surface area contributed by atoms with Gasteiger partial charge >= 0.3 is 0 Å². The molecular formula is C12H13N3O3. The molecule has 1 heterocycles. The monoisotopic (exact) mass is 247 g/mol. The number of benzene rings is 1. The molecule has 1 amide bonds. The van der Waals surface area contributed by atoms with E-state index < -0.39 is 4.92 Å². The Morgan fingerprint density at radius 1 is 1.61 bits per heavy atom. The highest BCUT2D eigenvalue weighted by atomic mass is 16.6. The van der Waals surface area contributed by atoms with E-state index in [2.05, 4.69) is 17.2 Å². The zero-order valence-electron chi connectivity index (χ0n) is 9.95. The van der Waals surface area contributed by atoms with Gasteiger partial charge in [0.25, 0.3) is 5.69 Å². The molecule has 18 heavy (non-hydrogen) atoms. The van der Waals surface area contributed by atoms with Crippen LogP contribution in [0.5, 0.6) is 0 Å². The van der Waals surface area contributed by atoms with Gasteiger partial charge < -0.3 is 10.6 Å². The summed E-state index contributed by atoms with van der Waals surface area (Å²) >= 11 is 0. The molecule has 0 radical (unpaired) electrons. The van der Waals surface area contributed by atoms with E-state index in [0.717, 1.165) is 5.57 Å². The van der Waals surface area contributed by atoms with E-state index in [1.54, 1.807) is 6.07 Å². The highest BCUT2D eigenvalue weighted by molar-refractivity contribution is 6.00. The lowest BCUT2D eigenvalue weighted by atomic mass is 10.1. The predicted molar refractivity (Wildman–Crippen MR) is 68.7 cm³/mol. The van der Waals surface area contributed by atoms with Crippen molar-refractivity contribution < 1.29 is 9.72 Å². The Morgan fingerprint density at radius 3 is 2.94 bits per heavy atom. The van der Waals surface area contributed by atoms with Gasteiger partial charge in [0.1, 0.15) is 5.69 Å². The van der Waals surface area contributed by atoms with E-state index >= 15 is 0 Å². The van der Waals surface area contributed by atoms with Crippen LogP contribution in [0.25, 0.3) is 0 Å². The van der Waals surface area contributed by atoms with Crippen molar-refractivity contribution in [1.29, 1.82) is 0 Å². The minimum Gasteiger partial charge on any atom is -0.376 e. The molecule has 0 saturated carbocycles. The number of amides is 1. The lowest BCUT2D eigenvalue weighted by molar-refractivity contribution is -0.384. The molecule has 1 aromatic carbocycles. The molecule has 0 saturated heterocycles. The number of nitro benzene ring substituents is 1. The van der Waals surface area contributed by atoms with Crippen LogP contribution in [0.1, 0.15) is 12.5 Å². The SMILES string of the molecule is C=C(C)CNc1cc2c(cc1[N+](=O)[O-])CC(=O)N2. The fourth-order valence-electron chi connectivity index (χ4n) is 1.80. The molecule has 6 heteroatoms. The number of fused-ring (bicyclic) bond motifs is 1. The molecule has 0 bridgehead atoms. The van der Waals surface area contributed by atoms with E-state index in [-0.39, 0.29) is 18.0 Å². The average molecular weight is 247 g/mol. The molecule has 1 aromatic rings.